The van der Waals surface area contributed by atoms with Crippen LogP contribution in [0.4, 0.5) is 5.82 Å². The lowest BCUT2D eigenvalue weighted by atomic mass is 9.98. The number of anilines is 1. The Balaban J connectivity index is 1.18. The van der Waals surface area contributed by atoms with Crippen molar-refractivity contribution in [3.63, 3.8) is 0 Å². The van der Waals surface area contributed by atoms with Gasteiger partial charge in [0.2, 0.25) is 0 Å². The number of hydrogen-bond acceptors (Lipinski definition) is 8. The van der Waals surface area contributed by atoms with E-state index in [1.54, 1.807) is 11.2 Å². The van der Waals surface area contributed by atoms with E-state index in [0.717, 1.165) is 46.6 Å². The lowest BCUT2D eigenvalue weighted by Gasteiger charge is -2.15. The van der Waals surface area contributed by atoms with Crippen LogP contribution in [-0.4, -0.2) is 25.7 Å². The third kappa shape index (κ3) is 3.60. The van der Waals surface area contributed by atoms with Crippen LogP contribution in [0.1, 0.15) is 46.5 Å². The smallest absolute Gasteiger partial charge is 0.260 e. The zero-order valence-electron chi connectivity index (χ0n) is 18.8. The molecule has 7 rings (SSSR count). The van der Waals surface area contributed by atoms with Crippen LogP contribution in [0.15, 0.2) is 67.0 Å². The number of fused-ring (bicyclic) bond motifs is 1. The van der Waals surface area contributed by atoms with Crippen LogP contribution in [0, 0.1) is 0 Å². The van der Waals surface area contributed by atoms with Crippen LogP contribution in [-0.2, 0) is 6.54 Å². The molecule has 10 nitrogen and oxygen atoms in total. The summed E-state index contributed by atoms with van der Waals surface area (Å²) in [6, 6.07) is 20.5. The quantitative estimate of drug-likeness (QED) is 0.356. The molecule has 0 spiro atoms. The molecule has 2 aromatic carbocycles. The molecular weight excluding hydrogens is 442 g/mol. The Morgan fingerprint density at radius 3 is 2.60 bits per heavy atom. The second-order valence-corrected chi connectivity index (χ2v) is 9.03. The molecule has 1 aliphatic carbocycles. The maximum Gasteiger partial charge on any atom is 0.260 e. The number of aromatic nitrogens is 4. The second kappa shape index (κ2) is 8.07. The zero-order valence-corrected chi connectivity index (χ0v) is 18.8. The molecule has 0 unspecified atom stereocenters. The van der Waals surface area contributed by atoms with Crippen LogP contribution in [0.5, 0.6) is 0 Å². The molecule has 174 valence electrons. The van der Waals surface area contributed by atoms with Crippen molar-refractivity contribution < 1.29 is 4.79 Å². The first-order valence-electron chi connectivity index (χ1n) is 11.7. The van der Waals surface area contributed by atoms with Gasteiger partial charge in [-0.25, -0.2) is 15.8 Å². The van der Waals surface area contributed by atoms with Gasteiger partial charge in [-0.05, 0) is 59.4 Å². The highest BCUT2D eigenvalue weighted by Gasteiger charge is 2.31. The average Bonchev–Trinajstić information content (AvgIpc) is 3.28. The lowest BCUT2D eigenvalue weighted by Crippen LogP contribution is -2.33. The van der Waals surface area contributed by atoms with Crippen LogP contribution in [0.2, 0.25) is 0 Å². The highest BCUT2D eigenvalue weighted by molar-refractivity contribution is 6.10. The summed E-state index contributed by atoms with van der Waals surface area (Å²) >= 11 is 0. The van der Waals surface area contributed by atoms with E-state index < -0.39 is 0 Å². The minimum Gasteiger partial charge on any atom is -0.309 e. The number of carbonyl (C=O) groups excluding carboxylic acids is 1. The van der Waals surface area contributed by atoms with E-state index in [4.69, 9.17) is 4.98 Å². The number of carbonyl (C=O) groups is 1. The van der Waals surface area contributed by atoms with Crippen molar-refractivity contribution in [1.29, 1.82) is 0 Å². The van der Waals surface area contributed by atoms with Gasteiger partial charge in [0.15, 0.2) is 5.82 Å². The molecule has 2 fully saturated rings. The fraction of sp³-hybridized carbons (Fsp3) is 0.200. The average molecular weight is 466 g/mol. The molecule has 35 heavy (non-hydrogen) atoms. The highest BCUT2D eigenvalue weighted by atomic mass is 16.2. The third-order valence-corrected chi connectivity index (χ3v) is 6.72. The van der Waals surface area contributed by atoms with E-state index in [9.17, 15) is 4.79 Å². The summed E-state index contributed by atoms with van der Waals surface area (Å²) in [6.45, 7) is 0.494. The molecule has 1 saturated heterocycles. The predicted octanol–water partition coefficient (Wildman–Crippen LogP) is 2.62. The van der Waals surface area contributed by atoms with Gasteiger partial charge in [0.05, 0.1) is 6.54 Å². The summed E-state index contributed by atoms with van der Waals surface area (Å²) in [5, 5.41) is 8.37. The predicted molar refractivity (Wildman–Crippen MR) is 129 cm³/mol. The van der Waals surface area contributed by atoms with Gasteiger partial charge in [-0.1, -0.05) is 36.4 Å². The van der Waals surface area contributed by atoms with Gasteiger partial charge in [-0.2, -0.15) is 11.1 Å². The van der Waals surface area contributed by atoms with Crippen LogP contribution in [0.25, 0.3) is 22.6 Å². The standard InChI is InChI=1S/C25H23N9O/c35-25-20-12-16(15-3-1-4-17(11-15)23-28-31-32-29-23)7-8-18(20)13-33(25)22-6-2-5-21(27-22)24-30-26-14-34(24)19-9-10-19/h1-8,11-12,14,19,23,28-29,31-32H,9-10,13H2. The second-order valence-electron chi connectivity index (χ2n) is 9.03. The Morgan fingerprint density at radius 2 is 1.74 bits per heavy atom. The number of pyridine rings is 1. The Bertz CT molecular complexity index is 1440. The van der Waals surface area contributed by atoms with Crippen LogP contribution >= 0.6 is 0 Å². The Labute approximate surface area is 201 Å². The van der Waals surface area contributed by atoms with E-state index in [1.165, 1.54) is 0 Å². The molecule has 0 radical (unpaired) electrons. The highest BCUT2D eigenvalue weighted by Crippen LogP contribution is 2.38. The Kier molecular flexibility index (Phi) is 4.71. The largest absolute Gasteiger partial charge is 0.309 e. The van der Waals surface area contributed by atoms with Crippen LogP contribution < -0.4 is 26.8 Å². The van der Waals surface area contributed by atoms with Gasteiger partial charge in [-0.3, -0.25) is 9.69 Å². The summed E-state index contributed by atoms with van der Waals surface area (Å²) < 4.78 is 2.08. The maximum absolute atomic E-state index is 13.5. The number of benzene rings is 2. The van der Waals surface area contributed by atoms with Crippen LogP contribution in [0.3, 0.4) is 0 Å². The van der Waals surface area contributed by atoms with Crippen molar-refractivity contribution in [2.75, 3.05) is 4.90 Å². The molecule has 0 bridgehead atoms. The molecule has 2 aromatic heterocycles. The molecular formula is C25H23N9O. The molecule has 3 aliphatic rings. The molecule has 4 aromatic rings. The van der Waals surface area contributed by atoms with Crippen molar-refractivity contribution >= 4 is 11.7 Å². The Hall–Kier alpha value is -3.96. The number of rotatable bonds is 5. The summed E-state index contributed by atoms with van der Waals surface area (Å²) in [5.41, 5.74) is 17.4. The maximum atomic E-state index is 13.5. The lowest BCUT2D eigenvalue weighted by molar-refractivity contribution is 0.0996. The number of hydrogen-bond donors (Lipinski definition) is 4. The number of amides is 1. The van der Waals surface area contributed by atoms with Crippen molar-refractivity contribution in [3.8, 4) is 22.6 Å². The van der Waals surface area contributed by atoms with Gasteiger partial charge in [0, 0.05) is 11.6 Å². The summed E-state index contributed by atoms with van der Waals surface area (Å²) in [6.07, 6.45) is 3.99. The first-order valence-corrected chi connectivity index (χ1v) is 11.7. The first-order chi connectivity index (χ1) is 17.2. The fourth-order valence-electron chi connectivity index (χ4n) is 4.73. The van der Waals surface area contributed by atoms with Crippen molar-refractivity contribution in [1.82, 2.24) is 41.7 Å². The van der Waals surface area contributed by atoms with Gasteiger partial charge in [0.1, 0.15) is 24.0 Å². The fourth-order valence-corrected chi connectivity index (χ4v) is 4.73. The molecule has 1 amide bonds. The molecule has 0 atom stereocenters. The summed E-state index contributed by atoms with van der Waals surface area (Å²) in [5.74, 6) is 1.33. The van der Waals surface area contributed by atoms with Gasteiger partial charge in [0.25, 0.3) is 5.91 Å². The van der Waals surface area contributed by atoms with Gasteiger partial charge >= 0.3 is 0 Å². The molecule has 10 heteroatoms. The van der Waals surface area contributed by atoms with Gasteiger partial charge < -0.3 is 4.57 Å². The van der Waals surface area contributed by atoms with Gasteiger partial charge in [-0.15, -0.1) is 10.2 Å². The normalized spacial score (nSPS) is 17.8. The summed E-state index contributed by atoms with van der Waals surface area (Å²) in [7, 11) is 0. The summed E-state index contributed by atoms with van der Waals surface area (Å²) in [4.78, 5) is 20.0. The van der Waals surface area contributed by atoms with E-state index in [1.807, 2.05) is 42.5 Å². The van der Waals surface area contributed by atoms with Crippen molar-refractivity contribution in [2.45, 2.75) is 31.6 Å². The van der Waals surface area contributed by atoms with E-state index in [2.05, 4.69) is 54.9 Å². The molecule has 4 N–H and O–H groups in total. The number of nitrogens with zero attached hydrogens (tertiary/aromatic N) is 5. The monoisotopic (exact) mass is 465 g/mol. The minimum absolute atomic E-state index is 0.0427. The third-order valence-electron chi connectivity index (χ3n) is 6.72. The topological polar surface area (TPSA) is 112 Å². The van der Waals surface area contributed by atoms with E-state index in [-0.39, 0.29) is 12.1 Å². The Morgan fingerprint density at radius 1 is 0.914 bits per heavy atom. The minimum atomic E-state index is -0.0504. The molecule has 1 saturated carbocycles. The van der Waals surface area contributed by atoms with Crippen molar-refractivity contribution in [3.05, 3.63) is 83.7 Å². The van der Waals surface area contributed by atoms with E-state index in [0.29, 0.717) is 24.0 Å². The zero-order chi connectivity index (χ0) is 23.4. The SMILES string of the molecule is O=C1c2cc(-c3cccc(C4NNNN4)c3)ccc2CN1c1cccc(-c2nncn2C2CC2)n1. The first kappa shape index (κ1) is 20.4. The molecule has 2 aliphatic heterocycles. The number of hydrazine groups is 3. The molecule has 4 heterocycles. The number of nitrogens with one attached hydrogen (secondary N) is 4. The van der Waals surface area contributed by atoms with Crippen molar-refractivity contribution in [2.24, 2.45) is 0 Å². The van der Waals surface area contributed by atoms with E-state index >= 15 is 0 Å².